The lowest BCUT2D eigenvalue weighted by Gasteiger charge is -2.44. The van der Waals surface area contributed by atoms with E-state index in [2.05, 4.69) is 4.98 Å². The topological polar surface area (TPSA) is 95.7 Å². The Morgan fingerprint density at radius 3 is 3.05 bits per heavy atom. The molecule has 1 aromatic heterocycles. The molecule has 0 aliphatic carbocycles. The van der Waals surface area contributed by atoms with Crippen LogP contribution in [0.25, 0.3) is 0 Å². The number of carboxylic acid groups (broad SMARTS) is 1. The molecule has 9 heteroatoms. The number of thioether (sulfide) groups is 2. The fourth-order valence-corrected chi connectivity index (χ4v) is 4.99. The molecule has 4 heterocycles. The number of nitrogens with zero attached hydrogens (tertiary/aromatic N) is 3. The Kier molecular flexibility index (Phi) is 2.85. The first-order valence-corrected chi connectivity index (χ1v) is 8.30. The number of β-lactam (4-membered cyclic amide) rings is 1. The van der Waals surface area contributed by atoms with Crippen molar-refractivity contribution in [1.82, 2.24) is 14.5 Å². The number of carboxylic acids is 1. The molecule has 0 bridgehead atoms. The third-order valence-electron chi connectivity index (χ3n) is 3.85. The second kappa shape index (κ2) is 4.52. The molecule has 0 radical (unpaired) electrons. The lowest BCUT2D eigenvalue weighted by atomic mass is 9.90. The zero-order valence-corrected chi connectivity index (χ0v) is 12.3. The lowest BCUT2D eigenvalue weighted by Crippen LogP contribution is -2.59. The summed E-state index contributed by atoms with van der Waals surface area (Å²) in [7, 11) is 0. The molecular formula is C12H11N3O4S2. The smallest absolute Gasteiger partial charge is 0.353 e. The van der Waals surface area contributed by atoms with Gasteiger partial charge in [0.2, 0.25) is 5.91 Å². The van der Waals surface area contributed by atoms with E-state index in [-0.39, 0.29) is 17.0 Å². The molecule has 1 amide bonds. The van der Waals surface area contributed by atoms with Gasteiger partial charge < -0.3 is 14.8 Å². The molecule has 3 aliphatic heterocycles. The van der Waals surface area contributed by atoms with Gasteiger partial charge in [0, 0.05) is 23.9 Å². The quantitative estimate of drug-likeness (QED) is 0.780. The van der Waals surface area contributed by atoms with Crippen LogP contribution in [0.1, 0.15) is 11.8 Å². The number of carbonyl (C=O) groups excluding carboxylic acids is 1. The molecule has 7 nitrogen and oxygen atoms in total. The highest BCUT2D eigenvalue weighted by molar-refractivity contribution is 8.03. The van der Waals surface area contributed by atoms with Crippen molar-refractivity contribution < 1.29 is 19.8 Å². The minimum atomic E-state index is -1.12. The van der Waals surface area contributed by atoms with Crippen LogP contribution in [0.2, 0.25) is 0 Å². The molecule has 2 N–H and O–H groups in total. The molecule has 3 aliphatic rings. The van der Waals surface area contributed by atoms with E-state index in [1.165, 1.54) is 22.1 Å². The number of fused-ring (bicyclic) bond motifs is 2. The summed E-state index contributed by atoms with van der Waals surface area (Å²) in [5.41, 5.74) is 0.473. The van der Waals surface area contributed by atoms with Gasteiger partial charge in [0.05, 0.1) is 5.69 Å². The van der Waals surface area contributed by atoms with Gasteiger partial charge in [-0.2, -0.15) is 0 Å². The first-order valence-electron chi connectivity index (χ1n) is 6.38. The van der Waals surface area contributed by atoms with Gasteiger partial charge >= 0.3 is 5.97 Å². The molecular weight excluding hydrogens is 314 g/mol. The molecule has 4 rings (SSSR count). The number of aryl methyl sites for hydroxylation is 1. The van der Waals surface area contributed by atoms with Crippen LogP contribution in [-0.2, 0) is 16.1 Å². The third kappa shape index (κ3) is 1.77. The maximum atomic E-state index is 12.2. The van der Waals surface area contributed by atoms with Crippen LogP contribution < -0.4 is 0 Å². The lowest BCUT2D eigenvalue weighted by molar-refractivity contribution is -0.157. The number of hydrogen-bond donors (Lipinski definition) is 2. The fraction of sp³-hybridized carbons (Fsp3) is 0.417. The van der Waals surface area contributed by atoms with Crippen LogP contribution in [0.3, 0.4) is 0 Å². The number of rotatable bonds is 3. The summed E-state index contributed by atoms with van der Waals surface area (Å²) in [6, 6.07) is 0. The van der Waals surface area contributed by atoms with Crippen LogP contribution in [0.5, 0.6) is 0 Å². The standard InChI is InChI=1S/C12H11N3O4S2/c16-8(5-3-14-1-2-20-12(14)13-5)7-9(17)15-6(11(18)19)4-21-10(7)15/h3-4,7-8,10,16H,1-2H2,(H,18,19)/t7-,8+,10+/m0/s1. The van der Waals surface area contributed by atoms with Crippen molar-refractivity contribution in [2.75, 3.05) is 5.75 Å². The molecule has 0 aromatic carbocycles. The van der Waals surface area contributed by atoms with Crippen molar-refractivity contribution in [3.05, 3.63) is 23.0 Å². The average molecular weight is 325 g/mol. The largest absolute Gasteiger partial charge is 0.477 e. The summed E-state index contributed by atoms with van der Waals surface area (Å²) in [5, 5.41) is 21.4. The molecule has 21 heavy (non-hydrogen) atoms. The Labute approximate surface area is 128 Å². The number of carbonyl (C=O) groups is 2. The molecule has 1 fully saturated rings. The van der Waals surface area contributed by atoms with Crippen LogP contribution in [0, 0.1) is 5.92 Å². The fourth-order valence-electron chi connectivity index (χ4n) is 2.78. The average Bonchev–Trinajstić information content (AvgIpc) is 3.09. The number of hydrogen-bond acceptors (Lipinski definition) is 6. The molecule has 110 valence electrons. The number of aliphatic carboxylic acids is 1. The van der Waals surface area contributed by atoms with E-state index < -0.39 is 18.0 Å². The summed E-state index contributed by atoms with van der Waals surface area (Å²) in [5.74, 6) is -1.14. The Morgan fingerprint density at radius 2 is 2.33 bits per heavy atom. The van der Waals surface area contributed by atoms with E-state index in [1.54, 1.807) is 18.0 Å². The summed E-state index contributed by atoms with van der Waals surface area (Å²) < 4.78 is 1.97. The van der Waals surface area contributed by atoms with Crippen molar-refractivity contribution >= 4 is 35.4 Å². The summed E-state index contributed by atoms with van der Waals surface area (Å²) in [6.45, 7) is 0.855. The van der Waals surface area contributed by atoms with Crippen LogP contribution in [0.15, 0.2) is 22.5 Å². The van der Waals surface area contributed by atoms with Crippen LogP contribution in [0.4, 0.5) is 0 Å². The van der Waals surface area contributed by atoms with E-state index >= 15 is 0 Å². The van der Waals surface area contributed by atoms with Gasteiger partial charge in [-0.1, -0.05) is 11.8 Å². The first kappa shape index (κ1) is 13.2. The second-order valence-corrected chi connectivity index (χ2v) is 7.06. The summed E-state index contributed by atoms with van der Waals surface area (Å²) >= 11 is 2.88. The van der Waals surface area contributed by atoms with E-state index in [0.717, 1.165) is 17.5 Å². The highest BCUT2D eigenvalue weighted by Crippen LogP contribution is 2.49. The van der Waals surface area contributed by atoms with Crippen molar-refractivity contribution in [1.29, 1.82) is 0 Å². The van der Waals surface area contributed by atoms with Crippen molar-refractivity contribution in [2.45, 2.75) is 23.2 Å². The number of aliphatic hydroxyl groups is 1. The Bertz CT molecular complexity index is 665. The SMILES string of the molecule is O=C(O)C1=CS[C@@H]2[C@@H]([C@H](O)c3cn4c(n3)SCC4)C(=O)N12. The van der Waals surface area contributed by atoms with Gasteiger partial charge in [0.25, 0.3) is 0 Å². The predicted octanol–water partition coefficient (Wildman–Crippen LogP) is 0.480. The van der Waals surface area contributed by atoms with Gasteiger partial charge in [0.15, 0.2) is 5.16 Å². The number of aromatic nitrogens is 2. The van der Waals surface area contributed by atoms with Crippen LogP contribution in [-0.4, -0.2) is 47.7 Å². The molecule has 1 aromatic rings. The van der Waals surface area contributed by atoms with Crippen LogP contribution >= 0.6 is 23.5 Å². The molecule has 0 unspecified atom stereocenters. The van der Waals surface area contributed by atoms with Gasteiger partial charge in [-0.05, 0) is 0 Å². The summed E-state index contributed by atoms with van der Waals surface area (Å²) in [4.78, 5) is 28.8. The number of amides is 1. The molecule has 1 saturated heterocycles. The zero-order valence-electron chi connectivity index (χ0n) is 10.7. The maximum absolute atomic E-state index is 12.2. The van der Waals surface area contributed by atoms with Crippen molar-refractivity contribution in [3.8, 4) is 0 Å². The highest BCUT2D eigenvalue weighted by atomic mass is 32.2. The predicted molar refractivity (Wildman–Crippen MR) is 75.3 cm³/mol. The van der Waals surface area contributed by atoms with E-state index in [0.29, 0.717) is 5.69 Å². The van der Waals surface area contributed by atoms with Crippen molar-refractivity contribution in [3.63, 3.8) is 0 Å². The highest BCUT2D eigenvalue weighted by Gasteiger charge is 2.57. The molecule has 0 saturated carbocycles. The van der Waals surface area contributed by atoms with Gasteiger partial charge in [0.1, 0.15) is 23.1 Å². The summed E-state index contributed by atoms with van der Waals surface area (Å²) in [6.07, 6.45) is 0.785. The monoisotopic (exact) mass is 325 g/mol. The van der Waals surface area contributed by atoms with E-state index in [9.17, 15) is 14.7 Å². The van der Waals surface area contributed by atoms with Crippen molar-refractivity contribution in [2.24, 2.45) is 5.92 Å². The minimum Gasteiger partial charge on any atom is -0.477 e. The molecule has 3 atom stereocenters. The second-order valence-electron chi connectivity index (χ2n) is 5.00. The third-order valence-corrected chi connectivity index (χ3v) is 5.96. The number of aliphatic hydroxyl groups excluding tert-OH is 1. The molecule has 0 spiro atoms. The van der Waals surface area contributed by atoms with Gasteiger partial charge in [-0.15, -0.1) is 11.8 Å². The maximum Gasteiger partial charge on any atom is 0.353 e. The van der Waals surface area contributed by atoms with E-state index in [4.69, 9.17) is 5.11 Å². The number of imidazole rings is 1. The first-order chi connectivity index (χ1) is 10.1. The normalized spacial score (nSPS) is 28.0. The Morgan fingerprint density at radius 1 is 1.52 bits per heavy atom. The van der Waals surface area contributed by atoms with Gasteiger partial charge in [-0.25, -0.2) is 9.78 Å². The Hall–Kier alpha value is -1.45. The Balaban J connectivity index is 1.56. The van der Waals surface area contributed by atoms with E-state index in [1.807, 2.05) is 4.57 Å². The zero-order chi connectivity index (χ0) is 14.7. The van der Waals surface area contributed by atoms with Gasteiger partial charge in [-0.3, -0.25) is 9.69 Å². The minimum absolute atomic E-state index is 0.0126.